The van der Waals surface area contributed by atoms with E-state index < -0.39 is 0 Å². The summed E-state index contributed by atoms with van der Waals surface area (Å²) in [4.78, 5) is 18.5. The molecule has 1 N–H and O–H groups in total. The lowest BCUT2D eigenvalue weighted by molar-refractivity contribution is -0.117. The minimum absolute atomic E-state index is 0.140. The van der Waals surface area contributed by atoms with Crippen LogP contribution in [0.5, 0.6) is 11.5 Å². The highest BCUT2D eigenvalue weighted by Crippen LogP contribution is 2.27. The molecule has 29 heavy (non-hydrogen) atoms. The summed E-state index contributed by atoms with van der Waals surface area (Å²) in [5, 5.41) is 6.88. The Balaban J connectivity index is 1.57. The predicted octanol–water partition coefficient (Wildman–Crippen LogP) is 3.21. The molecule has 0 aliphatic heterocycles. The summed E-state index contributed by atoms with van der Waals surface area (Å²) in [6.45, 7) is 3.00. The number of methoxy groups -OCH3 is 1. The average molecular weight is 396 g/mol. The second-order valence-corrected chi connectivity index (χ2v) is 6.39. The Kier molecular flexibility index (Phi) is 6.80. The normalized spacial score (nSPS) is 10.8. The maximum atomic E-state index is 12.2. The van der Waals surface area contributed by atoms with E-state index in [1.165, 1.54) is 0 Å². The van der Waals surface area contributed by atoms with Crippen molar-refractivity contribution in [3.63, 3.8) is 0 Å². The van der Waals surface area contributed by atoms with Crippen LogP contribution in [0.2, 0.25) is 0 Å². The largest absolute Gasteiger partial charge is 0.497 e. The lowest BCUT2D eigenvalue weighted by Gasteiger charge is -2.14. The molecular formula is C21H24N4O4. The van der Waals surface area contributed by atoms with Gasteiger partial charge in [0.1, 0.15) is 11.5 Å². The summed E-state index contributed by atoms with van der Waals surface area (Å²) < 4.78 is 16.1. The molecule has 1 heterocycles. The van der Waals surface area contributed by atoms with Crippen molar-refractivity contribution in [3.05, 3.63) is 54.4 Å². The fourth-order valence-corrected chi connectivity index (χ4v) is 2.77. The molecule has 0 saturated carbocycles. The first kappa shape index (κ1) is 20.3. The third-order valence-corrected chi connectivity index (χ3v) is 4.09. The molecule has 0 aliphatic carbocycles. The summed E-state index contributed by atoms with van der Waals surface area (Å²) in [5.41, 5.74) is 1.47. The Morgan fingerprint density at radius 1 is 1.17 bits per heavy atom. The highest BCUT2D eigenvalue weighted by molar-refractivity contribution is 5.92. The van der Waals surface area contributed by atoms with Gasteiger partial charge in [-0.05, 0) is 50.4 Å². The van der Waals surface area contributed by atoms with E-state index in [-0.39, 0.29) is 12.5 Å². The molecule has 3 aromatic rings. The van der Waals surface area contributed by atoms with Gasteiger partial charge in [-0.1, -0.05) is 17.3 Å². The van der Waals surface area contributed by atoms with Gasteiger partial charge < -0.3 is 19.3 Å². The van der Waals surface area contributed by atoms with Crippen molar-refractivity contribution >= 4 is 11.6 Å². The van der Waals surface area contributed by atoms with Crippen molar-refractivity contribution in [1.29, 1.82) is 0 Å². The molecule has 0 radical (unpaired) electrons. The highest BCUT2D eigenvalue weighted by Gasteiger charge is 2.15. The first-order chi connectivity index (χ1) is 14.1. The zero-order valence-corrected chi connectivity index (χ0v) is 16.7. The van der Waals surface area contributed by atoms with Crippen LogP contribution in [0.3, 0.4) is 0 Å². The molecule has 2 aromatic carbocycles. The number of para-hydroxylation sites is 1. The van der Waals surface area contributed by atoms with Gasteiger partial charge >= 0.3 is 0 Å². The number of ether oxygens (including phenoxy) is 2. The molecule has 8 heteroatoms. The van der Waals surface area contributed by atoms with E-state index >= 15 is 0 Å². The van der Waals surface area contributed by atoms with E-state index in [0.29, 0.717) is 36.3 Å². The Labute approximate surface area is 169 Å². The van der Waals surface area contributed by atoms with Gasteiger partial charge in [0.25, 0.3) is 0 Å². The number of nitrogens with one attached hydrogen (secondary N) is 1. The zero-order chi connectivity index (χ0) is 20.6. The standard InChI is InChI=1S/C21H24N4O4/c1-4-28-18-8-6-5-7-17(18)21-23-20(29-24-21)14-25(2)13-19(26)22-15-9-11-16(27-3)12-10-15/h5-12H,4,13-14H2,1-3H3,(H,22,26). The number of hydrogen-bond acceptors (Lipinski definition) is 7. The van der Waals surface area contributed by atoms with Crippen LogP contribution in [0, 0.1) is 0 Å². The van der Waals surface area contributed by atoms with E-state index in [9.17, 15) is 4.79 Å². The zero-order valence-electron chi connectivity index (χ0n) is 16.7. The van der Waals surface area contributed by atoms with Crippen LogP contribution in [0.25, 0.3) is 11.4 Å². The molecule has 0 unspecified atom stereocenters. The van der Waals surface area contributed by atoms with Crippen LogP contribution in [0.1, 0.15) is 12.8 Å². The molecule has 0 spiro atoms. The van der Waals surface area contributed by atoms with Gasteiger partial charge in [0.15, 0.2) is 0 Å². The van der Waals surface area contributed by atoms with Gasteiger partial charge in [-0.3, -0.25) is 9.69 Å². The topological polar surface area (TPSA) is 89.7 Å². The van der Waals surface area contributed by atoms with Crippen LogP contribution < -0.4 is 14.8 Å². The molecule has 0 atom stereocenters. The van der Waals surface area contributed by atoms with Gasteiger partial charge in [0.05, 0.1) is 32.4 Å². The van der Waals surface area contributed by atoms with Crippen molar-refractivity contribution < 1.29 is 18.8 Å². The molecule has 8 nitrogen and oxygen atoms in total. The third-order valence-electron chi connectivity index (χ3n) is 4.09. The van der Waals surface area contributed by atoms with Crippen LogP contribution in [0.4, 0.5) is 5.69 Å². The summed E-state index contributed by atoms with van der Waals surface area (Å²) in [6, 6.07) is 14.7. The van der Waals surface area contributed by atoms with Gasteiger partial charge in [0, 0.05) is 5.69 Å². The minimum atomic E-state index is -0.140. The van der Waals surface area contributed by atoms with E-state index in [1.54, 1.807) is 36.3 Å². The fraction of sp³-hybridized carbons (Fsp3) is 0.286. The molecule has 1 aromatic heterocycles. The van der Waals surface area contributed by atoms with Crippen LogP contribution in [-0.4, -0.2) is 48.3 Å². The van der Waals surface area contributed by atoms with Crippen molar-refractivity contribution in [1.82, 2.24) is 15.0 Å². The number of amides is 1. The average Bonchev–Trinajstić information content (AvgIpc) is 3.17. The molecule has 0 fully saturated rings. The molecule has 3 rings (SSSR count). The van der Waals surface area contributed by atoms with Crippen LogP contribution >= 0.6 is 0 Å². The summed E-state index contributed by atoms with van der Waals surface area (Å²) >= 11 is 0. The smallest absolute Gasteiger partial charge is 0.241 e. The number of carbonyl (C=O) groups excluding carboxylic acids is 1. The number of nitrogens with zero attached hydrogens (tertiary/aromatic N) is 3. The number of anilines is 1. The van der Waals surface area contributed by atoms with Crippen molar-refractivity contribution in [3.8, 4) is 22.9 Å². The van der Waals surface area contributed by atoms with Gasteiger partial charge in [-0.2, -0.15) is 4.98 Å². The van der Waals surface area contributed by atoms with E-state index in [0.717, 1.165) is 11.3 Å². The Bertz CT molecular complexity index is 940. The van der Waals surface area contributed by atoms with Gasteiger partial charge in [-0.25, -0.2) is 0 Å². The van der Waals surface area contributed by atoms with E-state index in [4.69, 9.17) is 14.0 Å². The summed E-state index contributed by atoms with van der Waals surface area (Å²) in [5.74, 6) is 2.18. The van der Waals surface area contributed by atoms with Crippen LogP contribution in [-0.2, 0) is 11.3 Å². The maximum absolute atomic E-state index is 12.2. The predicted molar refractivity (Wildman–Crippen MR) is 109 cm³/mol. The Morgan fingerprint density at radius 3 is 2.66 bits per heavy atom. The second kappa shape index (κ2) is 9.70. The number of benzene rings is 2. The number of aromatic nitrogens is 2. The lowest BCUT2D eigenvalue weighted by atomic mass is 10.2. The number of likely N-dealkylation sites (N-methyl/N-ethyl adjacent to an activating group) is 1. The van der Waals surface area contributed by atoms with Crippen LogP contribution in [0.15, 0.2) is 53.1 Å². The summed E-state index contributed by atoms with van der Waals surface area (Å²) in [6.07, 6.45) is 0. The number of carbonyl (C=O) groups is 1. The van der Waals surface area contributed by atoms with Crippen molar-refractivity contribution in [2.24, 2.45) is 0 Å². The Morgan fingerprint density at radius 2 is 1.93 bits per heavy atom. The van der Waals surface area contributed by atoms with Gasteiger partial charge in [-0.15, -0.1) is 0 Å². The maximum Gasteiger partial charge on any atom is 0.241 e. The Hall–Kier alpha value is -3.39. The molecule has 0 aliphatic rings. The molecular weight excluding hydrogens is 372 g/mol. The summed E-state index contributed by atoms with van der Waals surface area (Å²) in [7, 11) is 3.41. The van der Waals surface area contributed by atoms with Crippen molar-refractivity contribution in [2.45, 2.75) is 13.5 Å². The lowest BCUT2D eigenvalue weighted by Crippen LogP contribution is -2.29. The molecule has 0 bridgehead atoms. The first-order valence-electron chi connectivity index (χ1n) is 9.26. The van der Waals surface area contributed by atoms with Gasteiger partial charge in [0.2, 0.25) is 17.6 Å². The van der Waals surface area contributed by atoms with E-state index in [2.05, 4.69) is 15.5 Å². The molecule has 152 valence electrons. The van der Waals surface area contributed by atoms with Crippen molar-refractivity contribution in [2.75, 3.05) is 32.6 Å². The first-order valence-corrected chi connectivity index (χ1v) is 9.26. The fourth-order valence-electron chi connectivity index (χ4n) is 2.77. The second-order valence-electron chi connectivity index (χ2n) is 6.39. The SMILES string of the molecule is CCOc1ccccc1-c1noc(CN(C)CC(=O)Nc2ccc(OC)cc2)n1. The quantitative estimate of drug-likeness (QED) is 0.594. The minimum Gasteiger partial charge on any atom is -0.497 e. The number of rotatable bonds is 9. The monoisotopic (exact) mass is 396 g/mol. The highest BCUT2D eigenvalue weighted by atomic mass is 16.5. The van der Waals surface area contributed by atoms with E-state index in [1.807, 2.05) is 38.2 Å². The molecule has 1 amide bonds. The third kappa shape index (κ3) is 5.55. The number of hydrogen-bond donors (Lipinski definition) is 1. The molecule has 0 saturated heterocycles.